The van der Waals surface area contributed by atoms with Crippen LogP contribution in [-0.2, 0) is 33.7 Å². The van der Waals surface area contributed by atoms with E-state index in [9.17, 15) is 39.6 Å². The van der Waals surface area contributed by atoms with E-state index < -0.39 is 51.7 Å². The van der Waals surface area contributed by atoms with Gasteiger partial charge in [0.05, 0.1) is 16.0 Å². The Hall–Kier alpha value is -3.58. The fourth-order valence-corrected chi connectivity index (χ4v) is 4.28. The Morgan fingerprint density at radius 3 is 2.00 bits per heavy atom. The molecule has 0 fully saturated rings. The first-order valence-corrected chi connectivity index (χ1v) is 12.0. The second kappa shape index (κ2) is 10.8. The van der Waals surface area contributed by atoms with E-state index in [0.29, 0.717) is 17.7 Å². The van der Waals surface area contributed by atoms with Gasteiger partial charge < -0.3 is 10.1 Å². The number of amides is 1. The lowest BCUT2D eigenvalue weighted by Gasteiger charge is -2.15. The van der Waals surface area contributed by atoms with Gasteiger partial charge in [0.1, 0.15) is 5.75 Å². The third-order valence-electron chi connectivity index (χ3n) is 5.00. The highest BCUT2D eigenvalue weighted by Gasteiger charge is 2.37. The van der Waals surface area contributed by atoms with Crippen molar-refractivity contribution in [3.63, 3.8) is 0 Å². The van der Waals surface area contributed by atoms with Crippen LogP contribution in [0.5, 0.6) is 5.75 Å². The number of aryl methyl sites for hydroxylation is 1. The molecule has 0 heterocycles. The van der Waals surface area contributed by atoms with E-state index in [1.807, 2.05) is 5.32 Å². The molecule has 198 valence electrons. The van der Waals surface area contributed by atoms with E-state index >= 15 is 0 Å². The van der Waals surface area contributed by atoms with E-state index in [2.05, 4.69) is 4.72 Å². The fraction of sp³-hybridized carbons (Fsp3) is 0.208. The summed E-state index contributed by atoms with van der Waals surface area (Å²) >= 11 is 0. The second-order valence-corrected chi connectivity index (χ2v) is 9.64. The molecule has 0 spiro atoms. The summed E-state index contributed by atoms with van der Waals surface area (Å²) in [6.07, 6.45) is -10.1. The largest absolute Gasteiger partial charge is 0.483 e. The SMILES string of the molecule is Cc1cc(S(=O)(=O)NCc2ccccc2)ccc1OCC(=O)Nc1cc(C(F)(F)F)cc(C(F)(F)F)c1. The summed E-state index contributed by atoms with van der Waals surface area (Å²) in [5.74, 6) is -0.926. The Kier molecular flexibility index (Phi) is 8.18. The minimum atomic E-state index is -5.06. The summed E-state index contributed by atoms with van der Waals surface area (Å²) < 4.78 is 111. The number of benzene rings is 3. The van der Waals surface area contributed by atoms with Crippen molar-refractivity contribution in [3.05, 3.63) is 89.0 Å². The van der Waals surface area contributed by atoms with Gasteiger partial charge in [-0.25, -0.2) is 13.1 Å². The van der Waals surface area contributed by atoms with E-state index in [1.54, 1.807) is 30.3 Å². The van der Waals surface area contributed by atoms with Gasteiger partial charge in [-0.1, -0.05) is 30.3 Å². The maximum Gasteiger partial charge on any atom is 0.416 e. The van der Waals surface area contributed by atoms with Crippen LogP contribution in [0.25, 0.3) is 0 Å². The maximum absolute atomic E-state index is 13.0. The molecular weight excluding hydrogens is 526 g/mol. The van der Waals surface area contributed by atoms with Crippen molar-refractivity contribution in [1.29, 1.82) is 0 Å². The van der Waals surface area contributed by atoms with Gasteiger partial charge in [-0.15, -0.1) is 0 Å². The minimum absolute atomic E-state index is 0.0557. The van der Waals surface area contributed by atoms with Crippen molar-refractivity contribution in [2.24, 2.45) is 0 Å². The molecule has 0 aliphatic carbocycles. The van der Waals surface area contributed by atoms with Crippen LogP contribution in [0.3, 0.4) is 0 Å². The summed E-state index contributed by atoms with van der Waals surface area (Å²) in [6.45, 7) is 0.814. The number of anilines is 1. The van der Waals surface area contributed by atoms with Crippen molar-refractivity contribution in [1.82, 2.24) is 4.72 Å². The molecular formula is C24H20F6N2O4S. The molecule has 0 bridgehead atoms. The molecule has 3 aromatic rings. The molecule has 0 aliphatic rings. The van der Waals surface area contributed by atoms with E-state index in [0.717, 1.165) is 5.56 Å². The summed E-state index contributed by atoms with van der Waals surface area (Å²) in [5.41, 5.74) is -2.79. The average Bonchev–Trinajstić information content (AvgIpc) is 2.81. The number of rotatable bonds is 8. The van der Waals surface area contributed by atoms with Crippen molar-refractivity contribution >= 4 is 21.6 Å². The average molecular weight is 546 g/mol. The number of sulfonamides is 1. The topological polar surface area (TPSA) is 84.5 Å². The minimum Gasteiger partial charge on any atom is -0.483 e. The standard InChI is InChI=1S/C24H20F6N2O4S/c1-15-9-20(37(34,35)31-13-16-5-3-2-4-6-16)7-8-21(15)36-14-22(33)32-19-11-17(23(25,26)27)10-18(12-19)24(28,29)30/h2-12,31H,13-14H2,1H3,(H,32,33). The zero-order chi connectivity index (χ0) is 27.4. The smallest absolute Gasteiger partial charge is 0.416 e. The van der Waals surface area contributed by atoms with Crippen LogP contribution in [0.15, 0.2) is 71.6 Å². The Morgan fingerprint density at radius 1 is 0.865 bits per heavy atom. The first-order valence-electron chi connectivity index (χ1n) is 10.5. The normalized spacial score (nSPS) is 12.3. The van der Waals surface area contributed by atoms with Crippen LogP contribution in [0.1, 0.15) is 22.3 Å². The van der Waals surface area contributed by atoms with Crippen LogP contribution < -0.4 is 14.8 Å². The summed E-state index contributed by atoms with van der Waals surface area (Å²) in [4.78, 5) is 12.1. The lowest BCUT2D eigenvalue weighted by Crippen LogP contribution is -2.23. The van der Waals surface area contributed by atoms with Crippen molar-refractivity contribution in [3.8, 4) is 5.75 Å². The van der Waals surface area contributed by atoms with Crippen LogP contribution in [0.4, 0.5) is 32.0 Å². The zero-order valence-corrected chi connectivity index (χ0v) is 19.9. The van der Waals surface area contributed by atoms with Crippen molar-refractivity contribution in [2.75, 3.05) is 11.9 Å². The Bertz CT molecular complexity index is 1340. The Labute approximate surface area is 208 Å². The molecule has 0 radical (unpaired) electrons. The first-order chi connectivity index (χ1) is 17.1. The summed E-state index contributed by atoms with van der Waals surface area (Å²) in [5, 5.41) is 1.95. The van der Waals surface area contributed by atoms with Gasteiger partial charge >= 0.3 is 12.4 Å². The summed E-state index contributed by atoms with van der Waals surface area (Å²) in [6, 6.07) is 13.3. The quantitative estimate of drug-likeness (QED) is 0.364. The molecule has 1 amide bonds. The lowest BCUT2D eigenvalue weighted by atomic mass is 10.1. The molecule has 2 N–H and O–H groups in total. The molecule has 6 nitrogen and oxygen atoms in total. The predicted molar refractivity (Wildman–Crippen MR) is 122 cm³/mol. The van der Waals surface area contributed by atoms with Crippen LogP contribution >= 0.6 is 0 Å². The Morgan fingerprint density at radius 2 is 1.46 bits per heavy atom. The van der Waals surface area contributed by atoms with E-state index in [4.69, 9.17) is 4.74 Å². The molecule has 0 saturated heterocycles. The fourth-order valence-electron chi connectivity index (χ4n) is 3.18. The summed E-state index contributed by atoms with van der Waals surface area (Å²) in [7, 11) is -3.87. The second-order valence-electron chi connectivity index (χ2n) is 7.87. The molecule has 0 saturated carbocycles. The number of carbonyl (C=O) groups is 1. The highest BCUT2D eigenvalue weighted by Crippen LogP contribution is 2.37. The molecule has 0 aromatic heterocycles. The van der Waals surface area contributed by atoms with Crippen molar-refractivity contribution < 1.29 is 44.3 Å². The van der Waals surface area contributed by atoms with E-state index in [-0.39, 0.29) is 23.3 Å². The number of alkyl halides is 6. The molecule has 3 aromatic carbocycles. The first kappa shape index (κ1) is 28.0. The van der Waals surface area contributed by atoms with Gasteiger partial charge in [0, 0.05) is 12.2 Å². The van der Waals surface area contributed by atoms with Crippen LogP contribution in [-0.4, -0.2) is 20.9 Å². The molecule has 13 heteroatoms. The van der Waals surface area contributed by atoms with Gasteiger partial charge in [-0.05, 0) is 54.4 Å². The molecule has 0 aliphatic heterocycles. The van der Waals surface area contributed by atoms with Crippen LogP contribution in [0, 0.1) is 6.92 Å². The number of carbonyl (C=O) groups excluding carboxylic acids is 1. The third kappa shape index (κ3) is 7.70. The molecule has 37 heavy (non-hydrogen) atoms. The predicted octanol–water partition coefficient (Wildman–Crippen LogP) is 5.53. The number of hydrogen-bond donors (Lipinski definition) is 2. The van der Waals surface area contributed by atoms with Gasteiger partial charge in [0.15, 0.2) is 6.61 Å². The maximum atomic E-state index is 13.0. The molecule has 0 atom stereocenters. The van der Waals surface area contributed by atoms with Crippen LogP contribution in [0.2, 0.25) is 0 Å². The number of ether oxygens (including phenoxy) is 1. The van der Waals surface area contributed by atoms with E-state index in [1.165, 1.54) is 25.1 Å². The highest BCUT2D eigenvalue weighted by molar-refractivity contribution is 7.89. The number of hydrogen-bond acceptors (Lipinski definition) is 4. The van der Waals surface area contributed by atoms with Gasteiger partial charge in [-0.3, -0.25) is 4.79 Å². The zero-order valence-electron chi connectivity index (χ0n) is 19.1. The monoisotopic (exact) mass is 546 g/mol. The molecule has 3 rings (SSSR count). The van der Waals surface area contributed by atoms with Gasteiger partial charge in [0.2, 0.25) is 10.0 Å². The molecule has 0 unspecified atom stereocenters. The Balaban J connectivity index is 1.66. The van der Waals surface area contributed by atoms with Crippen molar-refractivity contribution in [2.45, 2.75) is 30.7 Å². The number of nitrogens with one attached hydrogen (secondary N) is 2. The number of halogens is 6. The highest BCUT2D eigenvalue weighted by atomic mass is 32.2. The lowest BCUT2D eigenvalue weighted by molar-refractivity contribution is -0.143. The van der Waals surface area contributed by atoms with Gasteiger partial charge in [-0.2, -0.15) is 26.3 Å². The van der Waals surface area contributed by atoms with Gasteiger partial charge in [0.25, 0.3) is 5.91 Å². The third-order valence-corrected chi connectivity index (χ3v) is 6.39.